The lowest BCUT2D eigenvalue weighted by atomic mass is 9.94. The lowest BCUT2D eigenvalue weighted by molar-refractivity contribution is 0.310. The topological polar surface area (TPSA) is 88.3 Å². The van der Waals surface area contributed by atoms with Gasteiger partial charge < -0.3 is 15.8 Å². The Bertz CT molecular complexity index is 1140. The Kier molecular flexibility index (Phi) is 5.36. The van der Waals surface area contributed by atoms with E-state index in [-0.39, 0.29) is 11.8 Å². The van der Waals surface area contributed by atoms with Crippen molar-refractivity contribution >= 4 is 11.6 Å². The van der Waals surface area contributed by atoms with E-state index in [4.69, 9.17) is 10.5 Å². The predicted octanol–water partition coefficient (Wildman–Crippen LogP) is 3.54. The van der Waals surface area contributed by atoms with Crippen molar-refractivity contribution in [1.29, 1.82) is 0 Å². The standard InChI is InChI=1S/C23H24F2N6O/c1-13-7-8-27-11-19(13)31-23-20(22(26)28-12-29-23)21(30-31)17-6-5-16(10-18(17)25)32-15-4-2-3-14(24)9-15/h2-6,9-10,12-13,19,21,27,30H,7-8,11H2,1H3,(H2,26,28,29). The van der Waals surface area contributed by atoms with Crippen LogP contribution in [-0.4, -0.2) is 29.1 Å². The van der Waals surface area contributed by atoms with Crippen molar-refractivity contribution in [3.8, 4) is 11.5 Å². The van der Waals surface area contributed by atoms with E-state index < -0.39 is 17.7 Å². The van der Waals surface area contributed by atoms with Crippen LogP contribution in [0.25, 0.3) is 0 Å². The van der Waals surface area contributed by atoms with Crippen LogP contribution >= 0.6 is 0 Å². The number of hydrazine groups is 1. The fraction of sp³-hybridized carbons (Fsp3) is 0.304. The van der Waals surface area contributed by atoms with Gasteiger partial charge in [0.1, 0.15) is 35.3 Å². The molecule has 3 atom stereocenters. The first kappa shape index (κ1) is 20.6. The molecule has 1 aromatic heterocycles. The van der Waals surface area contributed by atoms with Gasteiger partial charge in [-0.25, -0.2) is 24.2 Å². The summed E-state index contributed by atoms with van der Waals surface area (Å²) in [4.78, 5) is 8.60. The molecule has 5 rings (SSSR count). The zero-order valence-electron chi connectivity index (χ0n) is 17.6. The first-order chi connectivity index (χ1) is 15.5. The summed E-state index contributed by atoms with van der Waals surface area (Å²) in [5.74, 6) is 1.07. The molecule has 7 nitrogen and oxygen atoms in total. The summed E-state index contributed by atoms with van der Waals surface area (Å²) in [6, 6.07) is 9.89. The SMILES string of the molecule is CC1CCNCC1N1NC(c2ccc(Oc3cccc(F)c3)cc2F)c2c(N)ncnc21. The third kappa shape index (κ3) is 3.74. The first-order valence-corrected chi connectivity index (χ1v) is 10.6. The van der Waals surface area contributed by atoms with Gasteiger partial charge in [-0.05, 0) is 37.1 Å². The van der Waals surface area contributed by atoms with Crippen LogP contribution in [0, 0.1) is 17.6 Å². The minimum absolute atomic E-state index is 0.139. The van der Waals surface area contributed by atoms with Crippen molar-refractivity contribution in [3.63, 3.8) is 0 Å². The van der Waals surface area contributed by atoms with Gasteiger partial charge in [0.25, 0.3) is 0 Å². The number of piperidine rings is 1. The van der Waals surface area contributed by atoms with E-state index in [0.29, 0.717) is 34.4 Å². The number of aromatic nitrogens is 2. The Balaban J connectivity index is 1.47. The summed E-state index contributed by atoms with van der Waals surface area (Å²) in [7, 11) is 0. The second-order valence-electron chi connectivity index (χ2n) is 8.21. The average Bonchev–Trinajstić information content (AvgIpc) is 3.15. The molecule has 2 aromatic carbocycles. The molecule has 0 bridgehead atoms. The maximum atomic E-state index is 15.2. The molecule has 3 unspecified atom stereocenters. The van der Waals surface area contributed by atoms with Gasteiger partial charge >= 0.3 is 0 Å². The number of ether oxygens (including phenoxy) is 1. The van der Waals surface area contributed by atoms with Gasteiger partial charge in [0.2, 0.25) is 0 Å². The van der Waals surface area contributed by atoms with Crippen molar-refractivity contribution in [2.45, 2.75) is 25.4 Å². The maximum absolute atomic E-state index is 15.2. The maximum Gasteiger partial charge on any atom is 0.153 e. The van der Waals surface area contributed by atoms with Crippen molar-refractivity contribution in [3.05, 3.63) is 71.6 Å². The largest absolute Gasteiger partial charge is 0.457 e. The number of nitrogen functional groups attached to an aromatic ring is 1. The molecule has 0 amide bonds. The molecule has 3 aromatic rings. The van der Waals surface area contributed by atoms with Crippen molar-refractivity contribution in [2.75, 3.05) is 23.8 Å². The van der Waals surface area contributed by atoms with Crippen LogP contribution in [0.15, 0.2) is 48.8 Å². The van der Waals surface area contributed by atoms with Gasteiger partial charge in [0.05, 0.1) is 17.6 Å². The quantitative estimate of drug-likeness (QED) is 0.574. The molecule has 3 heterocycles. The number of hydrogen-bond donors (Lipinski definition) is 3. The highest BCUT2D eigenvalue weighted by molar-refractivity contribution is 5.64. The lowest BCUT2D eigenvalue weighted by Gasteiger charge is -2.37. The van der Waals surface area contributed by atoms with Crippen molar-refractivity contribution in [2.24, 2.45) is 5.92 Å². The molecule has 2 aliphatic heterocycles. The summed E-state index contributed by atoms with van der Waals surface area (Å²) in [6.45, 7) is 3.95. The second kappa shape index (κ2) is 8.33. The molecular formula is C23H24F2N6O. The molecule has 0 spiro atoms. The Morgan fingerprint density at radius 2 is 1.97 bits per heavy atom. The molecule has 0 aliphatic carbocycles. The molecule has 2 aliphatic rings. The summed E-state index contributed by atoms with van der Waals surface area (Å²) in [5.41, 5.74) is 10.7. The fourth-order valence-corrected chi connectivity index (χ4v) is 4.40. The number of fused-ring (bicyclic) bond motifs is 1. The second-order valence-corrected chi connectivity index (χ2v) is 8.21. The van der Waals surface area contributed by atoms with Gasteiger partial charge in [-0.2, -0.15) is 0 Å². The third-order valence-electron chi connectivity index (χ3n) is 6.11. The summed E-state index contributed by atoms with van der Waals surface area (Å²) in [6.07, 6.45) is 2.46. The molecule has 32 heavy (non-hydrogen) atoms. The third-order valence-corrected chi connectivity index (χ3v) is 6.11. The van der Waals surface area contributed by atoms with Crippen LogP contribution < -0.4 is 26.2 Å². The zero-order chi connectivity index (χ0) is 22.2. The fourth-order valence-electron chi connectivity index (χ4n) is 4.40. The lowest BCUT2D eigenvalue weighted by Crippen LogP contribution is -2.54. The number of hydrogen-bond acceptors (Lipinski definition) is 7. The highest BCUT2D eigenvalue weighted by Gasteiger charge is 2.40. The predicted molar refractivity (Wildman–Crippen MR) is 117 cm³/mol. The summed E-state index contributed by atoms with van der Waals surface area (Å²) < 4.78 is 34.3. The van der Waals surface area contributed by atoms with Gasteiger partial charge in [-0.15, -0.1) is 0 Å². The molecule has 0 saturated carbocycles. The van der Waals surface area contributed by atoms with E-state index in [1.54, 1.807) is 18.2 Å². The summed E-state index contributed by atoms with van der Waals surface area (Å²) in [5, 5.41) is 5.41. The van der Waals surface area contributed by atoms with E-state index in [1.165, 1.54) is 30.6 Å². The van der Waals surface area contributed by atoms with Crippen molar-refractivity contribution in [1.82, 2.24) is 20.7 Å². The number of nitrogens with two attached hydrogens (primary N) is 1. The van der Waals surface area contributed by atoms with Crippen LogP contribution in [0.4, 0.5) is 20.4 Å². The van der Waals surface area contributed by atoms with Gasteiger partial charge in [-0.1, -0.05) is 19.1 Å². The highest BCUT2D eigenvalue weighted by Crippen LogP contribution is 2.41. The molecule has 1 fully saturated rings. The molecule has 1 saturated heterocycles. The number of nitrogens with one attached hydrogen (secondary N) is 2. The van der Waals surface area contributed by atoms with E-state index in [0.717, 1.165) is 19.5 Å². The van der Waals surface area contributed by atoms with Crippen LogP contribution in [-0.2, 0) is 0 Å². The van der Waals surface area contributed by atoms with Crippen molar-refractivity contribution < 1.29 is 13.5 Å². The van der Waals surface area contributed by atoms with Crippen LogP contribution in [0.5, 0.6) is 11.5 Å². The minimum atomic E-state index is -0.538. The number of benzene rings is 2. The first-order valence-electron chi connectivity index (χ1n) is 10.6. The number of anilines is 2. The number of halogens is 2. The Morgan fingerprint density at radius 3 is 2.75 bits per heavy atom. The highest BCUT2D eigenvalue weighted by atomic mass is 19.1. The van der Waals surface area contributed by atoms with Crippen LogP contribution in [0.3, 0.4) is 0 Å². The van der Waals surface area contributed by atoms with Gasteiger partial charge in [0, 0.05) is 24.2 Å². The van der Waals surface area contributed by atoms with Gasteiger partial charge in [-0.3, -0.25) is 5.01 Å². The van der Waals surface area contributed by atoms with Crippen LogP contribution in [0.1, 0.15) is 30.5 Å². The van der Waals surface area contributed by atoms with E-state index in [2.05, 4.69) is 27.6 Å². The zero-order valence-corrected chi connectivity index (χ0v) is 17.6. The number of rotatable bonds is 4. The molecule has 166 valence electrons. The van der Waals surface area contributed by atoms with E-state index >= 15 is 4.39 Å². The average molecular weight is 438 g/mol. The Morgan fingerprint density at radius 1 is 1.12 bits per heavy atom. The molecule has 4 N–H and O–H groups in total. The molecular weight excluding hydrogens is 414 g/mol. The van der Waals surface area contributed by atoms with E-state index in [1.807, 2.05) is 5.01 Å². The number of nitrogens with zero attached hydrogens (tertiary/aromatic N) is 3. The van der Waals surface area contributed by atoms with Crippen LogP contribution in [0.2, 0.25) is 0 Å². The Labute approximate surface area is 184 Å². The van der Waals surface area contributed by atoms with Gasteiger partial charge in [0.15, 0.2) is 5.82 Å². The monoisotopic (exact) mass is 438 g/mol. The smallest absolute Gasteiger partial charge is 0.153 e. The van der Waals surface area contributed by atoms with E-state index in [9.17, 15) is 4.39 Å². The minimum Gasteiger partial charge on any atom is -0.457 e. The normalized spacial score (nSPS) is 22.6. The molecule has 0 radical (unpaired) electrons. The Hall–Kier alpha value is -3.30. The summed E-state index contributed by atoms with van der Waals surface area (Å²) >= 11 is 0. The molecule has 9 heteroatoms.